The molecule has 0 aromatic rings. The molecule has 0 aliphatic heterocycles. The van der Waals surface area contributed by atoms with Crippen molar-refractivity contribution in [3.63, 3.8) is 0 Å². The second-order valence-corrected chi connectivity index (χ2v) is 10.4. The third-order valence-corrected chi connectivity index (χ3v) is 8.69. The molecule has 0 spiro atoms. The topological polar surface area (TPSA) is 74.6 Å². The number of Topliss-reactive ketones (excluding diaryl/α,β-unsaturated/α-hetero) is 1. The van der Waals surface area contributed by atoms with E-state index in [1.807, 2.05) is 26.0 Å². The minimum Gasteiger partial charge on any atom is -0.396 e. The maximum atomic E-state index is 13.2. The molecule has 2 N–H and O–H groups in total. The summed E-state index contributed by atoms with van der Waals surface area (Å²) >= 11 is 0. The summed E-state index contributed by atoms with van der Waals surface area (Å²) in [5.41, 5.74) is 1.82. The van der Waals surface area contributed by atoms with Gasteiger partial charge in [-0.05, 0) is 67.9 Å². The van der Waals surface area contributed by atoms with Crippen LogP contribution in [0.15, 0.2) is 34.9 Å². The SMILES string of the molecule is C\C(C=O)=C/C=C/C(C)=C1/C(=O)C[C@H]2[C@@]3(C)CC[C@@H](O)[C@](C)(CO)C3CC[C@]12C. The van der Waals surface area contributed by atoms with Gasteiger partial charge in [0.05, 0.1) is 12.7 Å². The maximum Gasteiger partial charge on any atom is 0.160 e. The lowest BCUT2D eigenvalue weighted by Crippen LogP contribution is -2.59. The lowest BCUT2D eigenvalue weighted by atomic mass is 9.43. The molecule has 3 fully saturated rings. The summed E-state index contributed by atoms with van der Waals surface area (Å²) in [5.74, 6) is 0.669. The number of aldehydes is 1. The van der Waals surface area contributed by atoms with E-state index >= 15 is 0 Å². The largest absolute Gasteiger partial charge is 0.396 e. The number of ketones is 1. The standard InChI is InChI=1S/C25H36O4/c1-16(14-26)7-6-8-17(2)22-18(28)13-20-23(3)12-10-21(29)25(5,15-27)19(23)9-11-24(20,22)4/h6-8,14,19-21,27,29H,9-13,15H2,1-5H3/b8-6+,16-7+,22-17-/t19?,20-,21+,23-,24-,25+/m0/s1. The van der Waals surface area contributed by atoms with E-state index in [2.05, 4.69) is 13.8 Å². The molecule has 160 valence electrons. The van der Waals surface area contributed by atoms with E-state index in [0.717, 1.165) is 36.7 Å². The van der Waals surface area contributed by atoms with Gasteiger partial charge in [-0.15, -0.1) is 0 Å². The first-order chi connectivity index (χ1) is 13.5. The zero-order valence-electron chi connectivity index (χ0n) is 18.5. The van der Waals surface area contributed by atoms with Crippen LogP contribution in [0.4, 0.5) is 0 Å². The molecule has 6 atom stereocenters. The molecule has 0 saturated heterocycles. The quantitative estimate of drug-likeness (QED) is 0.422. The number of carbonyl (C=O) groups is 2. The Kier molecular flexibility index (Phi) is 5.83. The Balaban J connectivity index is 2.01. The smallest absolute Gasteiger partial charge is 0.160 e. The monoisotopic (exact) mass is 400 g/mol. The lowest BCUT2D eigenvalue weighted by Gasteiger charge is -2.62. The van der Waals surface area contributed by atoms with Crippen LogP contribution >= 0.6 is 0 Å². The third kappa shape index (κ3) is 3.29. The van der Waals surface area contributed by atoms with Crippen molar-refractivity contribution in [2.24, 2.45) is 28.1 Å². The predicted octanol–water partition coefficient (Wildman–Crippen LogP) is 4.17. The van der Waals surface area contributed by atoms with Crippen LogP contribution in [-0.4, -0.2) is 35.0 Å². The molecule has 0 amide bonds. The van der Waals surface area contributed by atoms with Gasteiger partial charge < -0.3 is 10.2 Å². The van der Waals surface area contributed by atoms with E-state index in [-0.39, 0.29) is 35.1 Å². The summed E-state index contributed by atoms with van der Waals surface area (Å²) in [7, 11) is 0. The zero-order valence-corrected chi connectivity index (χ0v) is 18.5. The highest BCUT2D eigenvalue weighted by Crippen LogP contribution is 2.69. The molecule has 0 heterocycles. The molecule has 0 bridgehead atoms. The fourth-order valence-electron chi connectivity index (χ4n) is 7.08. The van der Waals surface area contributed by atoms with Crippen LogP contribution in [0.3, 0.4) is 0 Å². The number of hydrogen-bond acceptors (Lipinski definition) is 4. The summed E-state index contributed by atoms with van der Waals surface area (Å²) in [4.78, 5) is 24.0. The molecule has 3 aliphatic rings. The van der Waals surface area contributed by atoms with Gasteiger partial charge in [0.25, 0.3) is 0 Å². The summed E-state index contributed by atoms with van der Waals surface area (Å²) in [6.07, 6.45) is 9.83. The van der Waals surface area contributed by atoms with Gasteiger partial charge >= 0.3 is 0 Å². The Morgan fingerprint density at radius 2 is 1.83 bits per heavy atom. The summed E-state index contributed by atoms with van der Waals surface area (Å²) in [6, 6.07) is 0. The van der Waals surface area contributed by atoms with E-state index in [1.165, 1.54) is 0 Å². The van der Waals surface area contributed by atoms with Gasteiger partial charge in [0.15, 0.2) is 5.78 Å². The fraction of sp³-hybridized carbons (Fsp3) is 0.680. The van der Waals surface area contributed by atoms with Gasteiger partial charge in [0.1, 0.15) is 6.29 Å². The van der Waals surface area contributed by atoms with Gasteiger partial charge in [-0.25, -0.2) is 0 Å². The molecular weight excluding hydrogens is 364 g/mol. The Morgan fingerprint density at radius 1 is 1.14 bits per heavy atom. The third-order valence-electron chi connectivity index (χ3n) is 8.69. The minimum atomic E-state index is -0.504. The second kappa shape index (κ2) is 7.63. The number of aliphatic hydroxyl groups is 2. The van der Waals surface area contributed by atoms with Crippen molar-refractivity contribution in [3.8, 4) is 0 Å². The highest BCUT2D eigenvalue weighted by molar-refractivity contribution is 6.00. The average Bonchev–Trinajstić information content (AvgIpc) is 2.96. The number of fused-ring (bicyclic) bond motifs is 3. The number of hydrogen-bond donors (Lipinski definition) is 2. The number of allylic oxidation sites excluding steroid dienone is 6. The van der Waals surface area contributed by atoms with Crippen molar-refractivity contribution in [1.82, 2.24) is 0 Å². The van der Waals surface area contributed by atoms with Gasteiger partial charge in [0, 0.05) is 22.8 Å². The highest BCUT2D eigenvalue weighted by atomic mass is 16.3. The first kappa shape index (κ1) is 22.2. The van der Waals surface area contributed by atoms with Crippen molar-refractivity contribution in [2.45, 2.75) is 72.8 Å². The molecule has 0 aromatic carbocycles. The highest BCUT2D eigenvalue weighted by Gasteiger charge is 2.65. The van der Waals surface area contributed by atoms with Crippen LogP contribution < -0.4 is 0 Å². The van der Waals surface area contributed by atoms with Gasteiger partial charge in [-0.2, -0.15) is 0 Å². The molecule has 4 nitrogen and oxygen atoms in total. The first-order valence-corrected chi connectivity index (χ1v) is 10.9. The van der Waals surface area contributed by atoms with E-state index in [9.17, 15) is 19.8 Å². The molecule has 3 rings (SSSR count). The Bertz CT molecular complexity index is 791. The maximum absolute atomic E-state index is 13.2. The van der Waals surface area contributed by atoms with Crippen LogP contribution in [0.5, 0.6) is 0 Å². The second-order valence-electron chi connectivity index (χ2n) is 10.4. The molecule has 29 heavy (non-hydrogen) atoms. The number of rotatable bonds is 4. The average molecular weight is 401 g/mol. The lowest BCUT2D eigenvalue weighted by molar-refractivity contribution is -0.178. The normalized spacial score (nSPS) is 44.6. The first-order valence-electron chi connectivity index (χ1n) is 10.9. The predicted molar refractivity (Wildman–Crippen MR) is 114 cm³/mol. The van der Waals surface area contributed by atoms with E-state index < -0.39 is 11.5 Å². The van der Waals surface area contributed by atoms with Gasteiger partial charge in [0.2, 0.25) is 0 Å². The molecule has 3 aliphatic carbocycles. The summed E-state index contributed by atoms with van der Waals surface area (Å²) < 4.78 is 0. The van der Waals surface area contributed by atoms with E-state index in [1.54, 1.807) is 13.0 Å². The van der Waals surface area contributed by atoms with Crippen LogP contribution in [0.25, 0.3) is 0 Å². The van der Waals surface area contributed by atoms with Crippen LogP contribution in [0.2, 0.25) is 0 Å². The number of aliphatic hydroxyl groups excluding tert-OH is 2. The molecule has 3 saturated carbocycles. The van der Waals surface area contributed by atoms with Crippen molar-refractivity contribution >= 4 is 12.1 Å². The number of carbonyl (C=O) groups excluding carboxylic acids is 2. The molecule has 4 heteroatoms. The van der Waals surface area contributed by atoms with Gasteiger partial charge in [-0.3, -0.25) is 9.59 Å². The Labute approximate surface area is 174 Å². The molecule has 0 aromatic heterocycles. The molecule has 1 unspecified atom stereocenters. The summed E-state index contributed by atoms with van der Waals surface area (Å²) in [6.45, 7) is 10.3. The van der Waals surface area contributed by atoms with Crippen molar-refractivity contribution < 1.29 is 19.8 Å². The van der Waals surface area contributed by atoms with Crippen molar-refractivity contribution in [1.29, 1.82) is 0 Å². The van der Waals surface area contributed by atoms with Gasteiger partial charge in [-0.1, -0.05) is 39.0 Å². The fourth-order valence-corrected chi connectivity index (χ4v) is 7.08. The van der Waals surface area contributed by atoms with E-state index in [4.69, 9.17) is 0 Å². The van der Waals surface area contributed by atoms with Crippen molar-refractivity contribution in [2.75, 3.05) is 6.61 Å². The van der Waals surface area contributed by atoms with E-state index in [0.29, 0.717) is 18.4 Å². The molecular formula is C25H36O4. The summed E-state index contributed by atoms with van der Waals surface area (Å²) in [5, 5.41) is 20.8. The van der Waals surface area contributed by atoms with Crippen LogP contribution in [0.1, 0.15) is 66.7 Å². The molecule has 0 radical (unpaired) electrons. The zero-order chi connectivity index (χ0) is 21.6. The van der Waals surface area contributed by atoms with Crippen LogP contribution in [0, 0.1) is 28.1 Å². The Hall–Kier alpha value is -1.52. The van der Waals surface area contributed by atoms with Crippen LogP contribution in [-0.2, 0) is 9.59 Å². The minimum absolute atomic E-state index is 0.0152. The Morgan fingerprint density at radius 3 is 2.45 bits per heavy atom. The van der Waals surface area contributed by atoms with Crippen molar-refractivity contribution in [3.05, 3.63) is 34.9 Å².